The monoisotopic (exact) mass is 272 g/mol. The normalized spacial score (nSPS) is 12.1. The molecule has 0 aliphatic heterocycles. The van der Waals surface area contributed by atoms with Gasteiger partial charge in [-0.05, 0) is 37.7 Å². The third-order valence-corrected chi connectivity index (χ3v) is 3.31. The van der Waals surface area contributed by atoms with Crippen molar-refractivity contribution in [2.45, 2.75) is 25.8 Å². The molecule has 0 radical (unpaired) electrons. The minimum Gasteiger partial charge on any atom is -0.469 e. The fourth-order valence-corrected chi connectivity index (χ4v) is 2.05. The lowest BCUT2D eigenvalue weighted by Crippen LogP contribution is -2.18. The van der Waals surface area contributed by atoms with E-state index in [1.807, 2.05) is 43.4 Å². The highest BCUT2D eigenvalue weighted by atomic mass is 16.3. The molecule has 4 nitrogen and oxygen atoms in total. The molecule has 1 aromatic heterocycles. The number of rotatable bonds is 6. The fraction of sp³-hybridized carbons (Fsp3) is 0.312. The Balaban J connectivity index is 1.97. The minimum absolute atomic E-state index is 0.00264. The maximum atomic E-state index is 12.0. The number of hydrogen-bond donors (Lipinski definition) is 2. The highest BCUT2D eigenvalue weighted by molar-refractivity contribution is 5.91. The number of nitrogens with one attached hydrogen (secondary N) is 2. The van der Waals surface area contributed by atoms with Crippen LogP contribution < -0.4 is 10.6 Å². The topological polar surface area (TPSA) is 54.3 Å². The number of amides is 1. The average Bonchev–Trinajstić information content (AvgIpc) is 2.98. The molecule has 1 aromatic carbocycles. The zero-order valence-corrected chi connectivity index (χ0v) is 11.8. The van der Waals surface area contributed by atoms with Crippen LogP contribution in [-0.2, 0) is 11.2 Å². The van der Waals surface area contributed by atoms with Gasteiger partial charge in [0.15, 0.2) is 0 Å². The van der Waals surface area contributed by atoms with Crippen LogP contribution in [0.5, 0.6) is 0 Å². The maximum absolute atomic E-state index is 12.0. The quantitative estimate of drug-likeness (QED) is 0.849. The standard InChI is InChI=1S/C16H20N2O2/c1-12(17-2)14-7-3-4-8-15(14)18-16(19)10-9-13-6-5-11-20-13/h3-8,11-12,17H,9-10H2,1-2H3,(H,18,19). The van der Waals surface area contributed by atoms with Crippen molar-refractivity contribution < 1.29 is 9.21 Å². The van der Waals surface area contributed by atoms with Crippen LogP contribution in [-0.4, -0.2) is 13.0 Å². The van der Waals surface area contributed by atoms with Crippen molar-refractivity contribution in [2.75, 3.05) is 12.4 Å². The van der Waals surface area contributed by atoms with Crippen molar-refractivity contribution in [3.05, 3.63) is 54.0 Å². The molecule has 0 fully saturated rings. The second-order valence-electron chi connectivity index (χ2n) is 4.73. The Bertz CT molecular complexity index is 549. The van der Waals surface area contributed by atoms with Gasteiger partial charge < -0.3 is 15.1 Å². The zero-order valence-electron chi connectivity index (χ0n) is 11.8. The lowest BCUT2D eigenvalue weighted by Gasteiger charge is -2.16. The summed E-state index contributed by atoms with van der Waals surface area (Å²) in [5.41, 5.74) is 1.94. The van der Waals surface area contributed by atoms with E-state index >= 15 is 0 Å². The second-order valence-corrected chi connectivity index (χ2v) is 4.73. The van der Waals surface area contributed by atoms with Gasteiger partial charge in [0, 0.05) is 24.6 Å². The summed E-state index contributed by atoms with van der Waals surface area (Å²) in [6.45, 7) is 2.06. The Morgan fingerprint density at radius 3 is 2.75 bits per heavy atom. The van der Waals surface area contributed by atoms with Crippen LogP contribution >= 0.6 is 0 Å². The molecule has 4 heteroatoms. The predicted molar refractivity (Wildman–Crippen MR) is 79.6 cm³/mol. The number of hydrogen-bond acceptors (Lipinski definition) is 3. The molecule has 1 heterocycles. The molecule has 20 heavy (non-hydrogen) atoms. The van der Waals surface area contributed by atoms with Crippen LogP contribution in [0.3, 0.4) is 0 Å². The molecule has 0 spiro atoms. The highest BCUT2D eigenvalue weighted by Crippen LogP contribution is 2.22. The molecular weight excluding hydrogens is 252 g/mol. The van der Waals surface area contributed by atoms with Crippen LogP contribution in [0.2, 0.25) is 0 Å². The molecule has 1 unspecified atom stereocenters. The third kappa shape index (κ3) is 3.71. The minimum atomic E-state index is -0.00264. The average molecular weight is 272 g/mol. The van der Waals surface area contributed by atoms with Crippen molar-refractivity contribution in [2.24, 2.45) is 0 Å². The van der Waals surface area contributed by atoms with Gasteiger partial charge in [-0.1, -0.05) is 18.2 Å². The summed E-state index contributed by atoms with van der Waals surface area (Å²) in [6.07, 6.45) is 2.65. The molecular formula is C16H20N2O2. The van der Waals surface area contributed by atoms with Gasteiger partial charge in [-0.25, -0.2) is 0 Å². The molecule has 0 saturated heterocycles. The molecule has 2 rings (SSSR count). The van der Waals surface area contributed by atoms with Crippen molar-refractivity contribution >= 4 is 11.6 Å². The van der Waals surface area contributed by atoms with E-state index in [1.54, 1.807) is 6.26 Å². The Kier molecular flexibility index (Phi) is 4.96. The molecule has 2 N–H and O–H groups in total. The first-order valence-electron chi connectivity index (χ1n) is 6.79. The SMILES string of the molecule is CNC(C)c1ccccc1NC(=O)CCc1ccco1. The number of para-hydroxylation sites is 1. The molecule has 0 aliphatic rings. The Hall–Kier alpha value is -2.07. The van der Waals surface area contributed by atoms with Gasteiger partial charge in [-0.2, -0.15) is 0 Å². The lowest BCUT2D eigenvalue weighted by atomic mass is 10.1. The summed E-state index contributed by atoms with van der Waals surface area (Å²) in [4.78, 5) is 12.0. The number of carbonyl (C=O) groups excluding carboxylic acids is 1. The summed E-state index contributed by atoms with van der Waals surface area (Å²) in [6, 6.07) is 11.7. The first kappa shape index (κ1) is 14.3. The van der Waals surface area contributed by atoms with Crippen LogP contribution in [0.25, 0.3) is 0 Å². The van der Waals surface area contributed by atoms with Crippen molar-refractivity contribution in [1.82, 2.24) is 5.32 Å². The van der Waals surface area contributed by atoms with E-state index in [0.717, 1.165) is 17.0 Å². The first-order chi connectivity index (χ1) is 9.70. The molecule has 0 bridgehead atoms. The first-order valence-corrected chi connectivity index (χ1v) is 6.79. The van der Waals surface area contributed by atoms with E-state index in [0.29, 0.717) is 12.8 Å². The zero-order chi connectivity index (χ0) is 14.4. The van der Waals surface area contributed by atoms with Gasteiger partial charge in [0.05, 0.1) is 6.26 Å². The molecule has 1 amide bonds. The largest absolute Gasteiger partial charge is 0.469 e. The van der Waals surface area contributed by atoms with Gasteiger partial charge in [-0.3, -0.25) is 4.79 Å². The molecule has 2 aromatic rings. The number of benzene rings is 1. The molecule has 106 valence electrons. The van der Waals surface area contributed by atoms with Gasteiger partial charge in [-0.15, -0.1) is 0 Å². The van der Waals surface area contributed by atoms with Crippen molar-refractivity contribution in [1.29, 1.82) is 0 Å². The highest BCUT2D eigenvalue weighted by Gasteiger charge is 2.11. The van der Waals surface area contributed by atoms with Crippen LogP contribution in [0.15, 0.2) is 47.1 Å². The summed E-state index contributed by atoms with van der Waals surface area (Å²) in [7, 11) is 1.90. The Labute approximate surface area is 119 Å². The number of aryl methyl sites for hydroxylation is 1. The third-order valence-electron chi connectivity index (χ3n) is 3.31. The molecule has 1 atom stereocenters. The summed E-state index contributed by atoms with van der Waals surface area (Å²) in [5.74, 6) is 0.828. The van der Waals surface area contributed by atoms with Crippen LogP contribution in [0, 0.1) is 0 Å². The van der Waals surface area contributed by atoms with Crippen molar-refractivity contribution in [3.8, 4) is 0 Å². The lowest BCUT2D eigenvalue weighted by molar-refractivity contribution is -0.116. The number of carbonyl (C=O) groups is 1. The molecule has 0 aliphatic carbocycles. The second kappa shape index (κ2) is 6.91. The van der Waals surface area contributed by atoms with Crippen LogP contribution in [0.4, 0.5) is 5.69 Å². The van der Waals surface area contributed by atoms with Crippen LogP contribution in [0.1, 0.15) is 30.7 Å². The van der Waals surface area contributed by atoms with Gasteiger partial charge in [0.1, 0.15) is 5.76 Å². The van der Waals surface area contributed by atoms with E-state index in [2.05, 4.69) is 17.6 Å². The van der Waals surface area contributed by atoms with Gasteiger partial charge in [0.2, 0.25) is 5.91 Å². The number of anilines is 1. The van der Waals surface area contributed by atoms with E-state index in [9.17, 15) is 4.79 Å². The smallest absolute Gasteiger partial charge is 0.224 e. The molecule has 0 saturated carbocycles. The number of furan rings is 1. The Morgan fingerprint density at radius 2 is 2.05 bits per heavy atom. The van der Waals surface area contributed by atoms with E-state index in [4.69, 9.17) is 4.42 Å². The maximum Gasteiger partial charge on any atom is 0.224 e. The Morgan fingerprint density at radius 1 is 1.25 bits per heavy atom. The summed E-state index contributed by atoms with van der Waals surface area (Å²) in [5, 5.41) is 6.15. The van der Waals surface area contributed by atoms with Gasteiger partial charge in [0.25, 0.3) is 0 Å². The summed E-state index contributed by atoms with van der Waals surface area (Å²) < 4.78 is 5.22. The van der Waals surface area contributed by atoms with E-state index < -0.39 is 0 Å². The fourth-order valence-electron chi connectivity index (χ4n) is 2.05. The van der Waals surface area contributed by atoms with Crippen molar-refractivity contribution in [3.63, 3.8) is 0 Å². The van der Waals surface area contributed by atoms with E-state index in [1.165, 1.54) is 0 Å². The predicted octanol–water partition coefficient (Wildman–Crippen LogP) is 3.13. The summed E-state index contributed by atoms with van der Waals surface area (Å²) >= 11 is 0. The van der Waals surface area contributed by atoms with E-state index in [-0.39, 0.29) is 11.9 Å². The van der Waals surface area contributed by atoms with Gasteiger partial charge >= 0.3 is 0 Å².